The first kappa shape index (κ1) is 7.54. The van der Waals surface area contributed by atoms with E-state index in [9.17, 15) is 0 Å². The van der Waals surface area contributed by atoms with Gasteiger partial charge in [0.05, 0.1) is 17.9 Å². The molecule has 0 saturated carbocycles. The topological polar surface area (TPSA) is 41.8 Å². The summed E-state index contributed by atoms with van der Waals surface area (Å²) in [7, 11) is 0. The van der Waals surface area contributed by atoms with Gasteiger partial charge in [0, 0.05) is 12.8 Å². The molecule has 3 nitrogen and oxygen atoms in total. The maximum absolute atomic E-state index is 8.46. The van der Waals surface area contributed by atoms with Gasteiger partial charge in [-0.15, -0.1) is 0 Å². The fourth-order valence-electron chi connectivity index (χ4n) is 1.32. The summed E-state index contributed by atoms with van der Waals surface area (Å²) < 4.78 is 5.43. The van der Waals surface area contributed by atoms with E-state index in [-0.39, 0.29) is 12.2 Å². The van der Waals surface area contributed by atoms with Crippen LogP contribution in [0.3, 0.4) is 0 Å². The van der Waals surface area contributed by atoms with Crippen molar-refractivity contribution in [3.8, 4) is 0 Å². The number of hydrogen-bond donors (Lipinski definition) is 1. The van der Waals surface area contributed by atoms with Crippen molar-refractivity contribution < 1.29 is 9.94 Å². The van der Waals surface area contributed by atoms with Gasteiger partial charge in [0.25, 0.3) is 0 Å². The van der Waals surface area contributed by atoms with Gasteiger partial charge in [-0.1, -0.05) is 5.16 Å². The molecule has 58 valence electrons. The molecule has 0 spiro atoms. The molecule has 1 rings (SSSR count). The van der Waals surface area contributed by atoms with Crippen LogP contribution >= 0.6 is 0 Å². The summed E-state index contributed by atoms with van der Waals surface area (Å²) in [6.45, 7) is 3.97. The molecule has 3 heteroatoms. The monoisotopic (exact) mass is 143 g/mol. The normalized spacial score (nSPS) is 38.4. The molecule has 1 heterocycles. The van der Waals surface area contributed by atoms with E-state index in [0.29, 0.717) is 0 Å². The second-order valence-electron chi connectivity index (χ2n) is 2.83. The SMILES string of the molecule is C[C@@H]1CC(=NO)C[C@H](C)O1. The van der Waals surface area contributed by atoms with Crippen molar-refractivity contribution >= 4 is 5.71 Å². The minimum Gasteiger partial charge on any atom is -0.411 e. The lowest BCUT2D eigenvalue weighted by atomic mass is 10.0. The molecule has 0 aromatic carbocycles. The molecule has 1 saturated heterocycles. The van der Waals surface area contributed by atoms with Crippen molar-refractivity contribution in [2.75, 3.05) is 0 Å². The standard InChI is InChI=1S/C7H13NO2/c1-5-3-7(8-9)4-6(2)10-5/h5-6,9H,3-4H2,1-2H3/t5-,6+. The summed E-state index contributed by atoms with van der Waals surface area (Å²) in [5, 5.41) is 11.6. The highest BCUT2D eigenvalue weighted by atomic mass is 16.5. The second-order valence-corrected chi connectivity index (χ2v) is 2.83. The Hall–Kier alpha value is -0.570. The van der Waals surface area contributed by atoms with Gasteiger partial charge in [0.15, 0.2) is 0 Å². The lowest BCUT2D eigenvalue weighted by Crippen LogP contribution is -2.29. The summed E-state index contributed by atoms with van der Waals surface area (Å²) in [5.41, 5.74) is 0.853. The molecule has 10 heavy (non-hydrogen) atoms. The molecule has 0 aliphatic carbocycles. The highest BCUT2D eigenvalue weighted by Crippen LogP contribution is 2.15. The highest BCUT2D eigenvalue weighted by Gasteiger charge is 2.20. The lowest BCUT2D eigenvalue weighted by Gasteiger charge is -2.25. The quantitative estimate of drug-likeness (QED) is 0.411. The van der Waals surface area contributed by atoms with E-state index in [1.54, 1.807) is 0 Å². The predicted molar refractivity (Wildman–Crippen MR) is 38.5 cm³/mol. The third kappa shape index (κ3) is 1.70. The second kappa shape index (κ2) is 3.01. The van der Waals surface area contributed by atoms with Crippen molar-refractivity contribution in [3.05, 3.63) is 0 Å². The minimum absolute atomic E-state index is 0.203. The largest absolute Gasteiger partial charge is 0.411 e. The average Bonchev–Trinajstić information content (AvgIpc) is 1.85. The first-order valence-corrected chi connectivity index (χ1v) is 3.57. The summed E-state index contributed by atoms with van der Waals surface area (Å²) >= 11 is 0. The van der Waals surface area contributed by atoms with Crippen molar-refractivity contribution in [3.63, 3.8) is 0 Å². The van der Waals surface area contributed by atoms with Gasteiger partial charge in [-0.25, -0.2) is 0 Å². The molecule has 0 aromatic rings. The maximum atomic E-state index is 8.46. The lowest BCUT2D eigenvalue weighted by molar-refractivity contribution is 0.00257. The number of oxime groups is 1. The molecule has 1 N–H and O–H groups in total. The zero-order chi connectivity index (χ0) is 7.56. The molecule has 0 bridgehead atoms. The van der Waals surface area contributed by atoms with Gasteiger partial charge in [0.1, 0.15) is 0 Å². The summed E-state index contributed by atoms with van der Waals surface area (Å²) in [5.74, 6) is 0. The van der Waals surface area contributed by atoms with Crippen molar-refractivity contribution in [2.24, 2.45) is 5.16 Å². The molecular weight excluding hydrogens is 130 g/mol. The van der Waals surface area contributed by atoms with E-state index >= 15 is 0 Å². The van der Waals surface area contributed by atoms with Gasteiger partial charge in [-0.2, -0.15) is 0 Å². The van der Waals surface area contributed by atoms with Crippen LogP contribution in [0.2, 0.25) is 0 Å². The van der Waals surface area contributed by atoms with Gasteiger partial charge in [0.2, 0.25) is 0 Å². The van der Waals surface area contributed by atoms with Crippen molar-refractivity contribution in [1.82, 2.24) is 0 Å². The van der Waals surface area contributed by atoms with Crippen LogP contribution in [0.1, 0.15) is 26.7 Å². The summed E-state index contributed by atoms with van der Waals surface area (Å²) in [6.07, 6.45) is 1.94. The Bertz CT molecular complexity index is 133. The predicted octanol–water partition coefficient (Wildman–Crippen LogP) is 1.40. The van der Waals surface area contributed by atoms with Crippen LogP contribution in [0.15, 0.2) is 5.16 Å². The fraction of sp³-hybridized carbons (Fsp3) is 0.857. The number of ether oxygens (including phenoxy) is 1. The van der Waals surface area contributed by atoms with Crippen LogP contribution in [0.25, 0.3) is 0 Å². The van der Waals surface area contributed by atoms with E-state index in [2.05, 4.69) is 5.16 Å². The van der Waals surface area contributed by atoms with Crippen LogP contribution < -0.4 is 0 Å². The van der Waals surface area contributed by atoms with E-state index in [4.69, 9.17) is 9.94 Å². The number of nitrogens with zero attached hydrogens (tertiary/aromatic N) is 1. The van der Waals surface area contributed by atoms with E-state index in [1.165, 1.54) is 0 Å². The van der Waals surface area contributed by atoms with E-state index in [1.807, 2.05) is 13.8 Å². The summed E-state index contributed by atoms with van der Waals surface area (Å²) in [6, 6.07) is 0. The first-order chi connectivity index (χ1) is 4.72. The van der Waals surface area contributed by atoms with E-state index in [0.717, 1.165) is 18.6 Å². The molecule has 2 atom stereocenters. The maximum Gasteiger partial charge on any atom is 0.0622 e. The third-order valence-corrected chi connectivity index (χ3v) is 1.65. The number of rotatable bonds is 0. The average molecular weight is 143 g/mol. The van der Waals surface area contributed by atoms with Gasteiger partial charge in [-0.3, -0.25) is 0 Å². The molecule has 0 aromatic heterocycles. The molecule has 1 aliphatic rings. The zero-order valence-electron chi connectivity index (χ0n) is 6.37. The van der Waals surface area contributed by atoms with Crippen LogP contribution in [-0.2, 0) is 4.74 Å². The molecule has 1 fully saturated rings. The van der Waals surface area contributed by atoms with Crippen LogP contribution in [-0.4, -0.2) is 23.1 Å². The van der Waals surface area contributed by atoms with Crippen LogP contribution in [0.5, 0.6) is 0 Å². The Morgan fingerprint density at radius 1 is 1.40 bits per heavy atom. The fourth-order valence-corrected chi connectivity index (χ4v) is 1.32. The minimum atomic E-state index is 0.203. The van der Waals surface area contributed by atoms with Gasteiger partial charge >= 0.3 is 0 Å². The molecule has 0 unspecified atom stereocenters. The molecule has 0 amide bonds. The molecular formula is C7H13NO2. The Kier molecular flexibility index (Phi) is 2.27. The van der Waals surface area contributed by atoms with Crippen molar-refractivity contribution in [1.29, 1.82) is 0 Å². The zero-order valence-corrected chi connectivity index (χ0v) is 6.37. The highest BCUT2D eigenvalue weighted by molar-refractivity contribution is 5.85. The van der Waals surface area contributed by atoms with Crippen LogP contribution in [0.4, 0.5) is 0 Å². The molecule has 0 radical (unpaired) electrons. The first-order valence-electron chi connectivity index (χ1n) is 3.57. The van der Waals surface area contributed by atoms with Crippen LogP contribution in [0, 0.1) is 0 Å². The van der Waals surface area contributed by atoms with Gasteiger partial charge in [-0.05, 0) is 13.8 Å². The Morgan fingerprint density at radius 3 is 2.30 bits per heavy atom. The Balaban J connectivity index is 2.51. The van der Waals surface area contributed by atoms with Gasteiger partial charge < -0.3 is 9.94 Å². The molecule has 1 aliphatic heterocycles. The Morgan fingerprint density at radius 2 is 1.90 bits per heavy atom. The summed E-state index contributed by atoms with van der Waals surface area (Å²) in [4.78, 5) is 0. The third-order valence-electron chi connectivity index (χ3n) is 1.65. The van der Waals surface area contributed by atoms with Crippen molar-refractivity contribution in [2.45, 2.75) is 38.9 Å². The number of hydrogen-bond acceptors (Lipinski definition) is 3. The smallest absolute Gasteiger partial charge is 0.0622 e. The van der Waals surface area contributed by atoms with E-state index < -0.39 is 0 Å². The Labute approximate surface area is 60.7 Å².